The van der Waals surface area contributed by atoms with Crippen molar-refractivity contribution in [2.45, 2.75) is 37.5 Å². The van der Waals surface area contributed by atoms with Gasteiger partial charge in [-0.2, -0.15) is 11.8 Å². The third-order valence-electron chi connectivity index (χ3n) is 2.90. The minimum atomic E-state index is 0.656. The summed E-state index contributed by atoms with van der Waals surface area (Å²) >= 11 is 3.29. The second-order valence-corrected chi connectivity index (χ2v) is 6.35. The average molecular weight is 294 g/mol. The summed E-state index contributed by atoms with van der Waals surface area (Å²) in [6.45, 7) is 6.44. The molecule has 5 heteroatoms. The Morgan fingerprint density at radius 3 is 2.37 bits per heavy atom. The van der Waals surface area contributed by atoms with Gasteiger partial charge in [0, 0.05) is 5.75 Å². The Morgan fingerprint density at radius 2 is 1.74 bits per heavy atom. The summed E-state index contributed by atoms with van der Waals surface area (Å²) in [6, 6.07) is 4.44. The molecule has 0 fully saturated rings. The highest BCUT2D eigenvalue weighted by Crippen LogP contribution is 2.26. The first kappa shape index (κ1) is 14.5. The van der Waals surface area contributed by atoms with Crippen molar-refractivity contribution in [1.82, 2.24) is 10.2 Å². The molecule has 0 atom stereocenters. The minimum absolute atomic E-state index is 0.656. The third-order valence-corrected chi connectivity index (χ3v) is 4.28. The van der Waals surface area contributed by atoms with Gasteiger partial charge in [0.05, 0.1) is 5.75 Å². The molecule has 1 aromatic carbocycles. The molecule has 0 saturated carbocycles. The fourth-order valence-corrected chi connectivity index (χ4v) is 3.39. The van der Waals surface area contributed by atoms with Crippen LogP contribution in [0, 0.1) is 20.8 Å². The van der Waals surface area contributed by atoms with Gasteiger partial charge in [-0.05, 0) is 43.7 Å². The van der Waals surface area contributed by atoms with Gasteiger partial charge in [-0.15, -0.1) is 10.2 Å². The molecule has 0 aliphatic carbocycles. The molecule has 2 rings (SSSR count). The van der Waals surface area contributed by atoms with Gasteiger partial charge in [0.1, 0.15) is 0 Å². The van der Waals surface area contributed by atoms with Gasteiger partial charge in [0.15, 0.2) is 0 Å². The van der Waals surface area contributed by atoms with E-state index >= 15 is 0 Å². The first-order valence-corrected chi connectivity index (χ1v) is 8.49. The Morgan fingerprint density at radius 1 is 1.05 bits per heavy atom. The molecule has 0 saturated heterocycles. The average Bonchev–Trinajstić information content (AvgIpc) is 2.76. The zero-order chi connectivity index (χ0) is 13.8. The number of aryl methyl sites for hydroxylation is 3. The molecule has 0 bridgehead atoms. The Hall–Kier alpha value is -0.940. The van der Waals surface area contributed by atoms with Crippen LogP contribution in [0.15, 0.2) is 21.8 Å². The molecule has 0 aliphatic rings. The number of hydrogen-bond acceptors (Lipinski definition) is 5. The van der Waals surface area contributed by atoms with Crippen molar-refractivity contribution in [3.8, 4) is 0 Å². The van der Waals surface area contributed by atoms with E-state index in [1.165, 1.54) is 22.3 Å². The predicted octanol–water partition coefficient (Wildman–Crippen LogP) is 4.15. The van der Waals surface area contributed by atoms with Crippen molar-refractivity contribution in [2.75, 3.05) is 6.26 Å². The van der Waals surface area contributed by atoms with Crippen LogP contribution < -0.4 is 0 Å². The van der Waals surface area contributed by atoms with Crippen molar-refractivity contribution in [3.63, 3.8) is 0 Å². The van der Waals surface area contributed by atoms with Crippen molar-refractivity contribution in [1.29, 1.82) is 0 Å². The largest absolute Gasteiger partial charge is 0.415 e. The number of nitrogens with zero attached hydrogens (tertiary/aromatic N) is 2. The molecule has 0 radical (unpaired) electrons. The Labute approximate surface area is 122 Å². The van der Waals surface area contributed by atoms with E-state index in [-0.39, 0.29) is 0 Å². The number of aromatic nitrogens is 2. The molecule has 0 amide bonds. The number of rotatable bonds is 5. The van der Waals surface area contributed by atoms with Crippen LogP contribution >= 0.6 is 23.5 Å². The first-order valence-electron chi connectivity index (χ1n) is 6.11. The Kier molecular flexibility index (Phi) is 4.93. The van der Waals surface area contributed by atoms with E-state index in [0.29, 0.717) is 11.1 Å². The van der Waals surface area contributed by atoms with Crippen LogP contribution in [0.2, 0.25) is 0 Å². The smallest absolute Gasteiger partial charge is 0.276 e. The van der Waals surface area contributed by atoms with Gasteiger partial charge in [-0.3, -0.25) is 0 Å². The van der Waals surface area contributed by atoms with Crippen LogP contribution in [0.5, 0.6) is 0 Å². The maximum atomic E-state index is 5.57. The standard InChI is InChI=1S/C14H18N2OS2/c1-9-5-10(2)12(11(3)6-9)7-19-14-16-15-13(17-14)8-18-4/h5-6H,7-8H2,1-4H3. The van der Waals surface area contributed by atoms with Crippen LogP contribution in [-0.4, -0.2) is 16.5 Å². The molecule has 0 N–H and O–H groups in total. The summed E-state index contributed by atoms with van der Waals surface area (Å²) in [5.74, 6) is 2.35. The second-order valence-electron chi connectivity index (χ2n) is 4.56. The molecule has 19 heavy (non-hydrogen) atoms. The second kappa shape index (κ2) is 6.48. The molecule has 2 aromatic rings. The van der Waals surface area contributed by atoms with E-state index < -0.39 is 0 Å². The van der Waals surface area contributed by atoms with Crippen molar-refractivity contribution in [2.24, 2.45) is 0 Å². The lowest BCUT2D eigenvalue weighted by Crippen LogP contribution is -1.93. The SMILES string of the molecule is CSCc1nnc(SCc2c(C)cc(C)cc2C)o1. The van der Waals surface area contributed by atoms with Gasteiger partial charge in [-0.1, -0.05) is 29.5 Å². The van der Waals surface area contributed by atoms with Crippen molar-refractivity contribution < 1.29 is 4.42 Å². The quantitative estimate of drug-likeness (QED) is 0.775. The zero-order valence-electron chi connectivity index (χ0n) is 11.7. The lowest BCUT2D eigenvalue weighted by atomic mass is 10.0. The van der Waals surface area contributed by atoms with Crippen molar-refractivity contribution in [3.05, 3.63) is 40.3 Å². The fraction of sp³-hybridized carbons (Fsp3) is 0.429. The van der Waals surface area contributed by atoms with Crippen molar-refractivity contribution >= 4 is 23.5 Å². The first-order chi connectivity index (χ1) is 9.10. The van der Waals surface area contributed by atoms with E-state index in [9.17, 15) is 0 Å². The molecular formula is C14H18N2OS2. The molecule has 1 aromatic heterocycles. The van der Waals surface area contributed by atoms with E-state index in [4.69, 9.17) is 4.42 Å². The summed E-state index contributed by atoms with van der Waals surface area (Å²) in [5, 5.41) is 8.73. The highest BCUT2D eigenvalue weighted by molar-refractivity contribution is 7.98. The van der Waals surface area contributed by atoms with Gasteiger partial charge in [0.25, 0.3) is 5.22 Å². The molecule has 0 unspecified atom stereocenters. The van der Waals surface area contributed by atoms with Crippen LogP contribution in [0.4, 0.5) is 0 Å². The topological polar surface area (TPSA) is 38.9 Å². The fourth-order valence-electron chi connectivity index (χ4n) is 2.05. The minimum Gasteiger partial charge on any atom is -0.415 e. The maximum absolute atomic E-state index is 5.57. The molecule has 102 valence electrons. The summed E-state index contributed by atoms with van der Waals surface area (Å²) in [6.07, 6.45) is 2.02. The molecule has 0 aliphatic heterocycles. The lowest BCUT2D eigenvalue weighted by Gasteiger charge is -2.09. The monoisotopic (exact) mass is 294 g/mol. The van der Waals surface area contributed by atoms with Crippen LogP contribution in [0.25, 0.3) is 0 Å². The normalized spacial score (nSPS) is 10.9. The maximum Gasteiger partial charge on any atom is 0.276 e. The summed E-state index contributed by atoms with van der Waals surface area (Å²) in [7, 11) is 0. The summed E-state index contributed by atoms with van der Waals surface area (Å²) in [5.41, 5.74) is 5.33. The highest BCUT2D eigenvalue weighted by atomic mass is 32.2. The Bertz CT molecular complexity index is 543. The Balaban J connectivity index is 2.05. The molecule has 3 nitrogen and oxygen atoms in total. The van der Waals surface area contributed by atoms with E-state index in [2.05, 4.69) is 43.1 Å². The predicted molar refractivity (Wildman–Crippen MR) is 81.7 cm³/mol. The summed E-state index contributed by atoms with van der Waals surface area (Å²) < 4.78 is 5.57. The van der Waals surface area contributed by atoms with Gasteiger partial charge in [0.2, 0.25) is 5.89 Å². The zero-order valence-corrected chi connectivity index (χ0v) is 13.3. The van der Waals surface area contributed by atoms with E-state index in [0.717, 1.165) is 11.5 Å². The van der Waals surface area contributed by atoms with Gasteiger partial charge < -0.3 is 4.42 Å². The number of benzene rings is 1. The van der Waals surface area contributed by atoms with Crippen LogP contribution in [-0.2, 0) is 11.5 Å². The molecular weight excluding hydrogens is 276 g/mol. The number of thioether (sulfide) groups is 2. The highest BCUT2D eigenvalue weighted by Gasteiger charge is 2.09. The van der Waals surface area contributed by atoms with E-state index in [1.54, 1.807) is 23.5 Å². The molecule has 0 spiro atoms. The van der Waals surface area contributed by atoms with E-state index in [1.807, 2.05) is 6.26 Å². The third kappa shape index (κ3) is 3.76. The van der Waals surface area contributed by atoms with Crippen LogP contribution in [0.1, 0.15) is 28.1 Å². The molecule has 1 heterocycles. The van der Waals surface area contributed by atoms with Gasteiger partial charge in [-0.25, -0.2) is 0 Å². The summed E-state index contributed by atoms with van der Waals surface area (Å²) in [4.78, 5) is 0. The number of hydrogen-bond donors (Lipinski definition) is 0. The lowest BCUT2D eigenvalue weighted by molar-refractivity contribution is 0.426. The van der Waals surface area contributed by atoms with Gasteiger partial charge >= 0.3 is 0 Å². The van der Waals surface area contributed by atoms with Crippen LogP contribution in [0.3, 0.4) is 0 Å².